The molecule has 4 nitrogen and oxygen atoms in total. The summed E-state index contributed by atoms with van der Waals surface area (Å²) in [5.74, 6) is 0.182. The molecule has 0 bridgehead atoms. The first-order valence-corrected chi connectivity index (χ1v) is 9.92. The zero-order valence-corrected chi connectivity index (χ0v) is 16.2. The van der Waals surface area contributed by atoms with Crippen molar-refractivity contribution < 1.29 is 4.79 Å². The summed E-state index contributed by atoms with van der Waals surface area (Å²) in [5, 5.41) is 1.76. The van der Waals surface area contributed by atoms with Gasteiger partial charge in [-0.3, -0.25) is 9.69 Å². The Hall–Kier alpha value is -1.95. The molecule has 1 aliphatic rings. The lowest BCUT2D eigenvalue weighted by atomic mass is 10.1. The molecule has 2 heterocycles. The number of halogens is 1. The molecule has 3 aromatic rings. The first-order chi connectivity index (χ1) is 12.6. The molecule has 2 aromatic carbocycles. The minimum atomic E-state index is 0.182. The van der Waals surface area contributed by atoms with Gasteiger partial charge >= 0.3 is 0 Å². The normalized spacial score (nSPS) is 15.5. The third-order valence-electron chi connectivity index (χ3n) is 4.79. The SMILES string of the molecule is Cc1ccc2sc(N3CCN(CC(=O)c4ccccc4)CC3)nc2c1Cl. The van der Waals surface area contributed by atoms with Crippen molar-refractivity contribution in [2.24, 2.45) is 0 Å². The number of ketones is 1. The lowest BCUT2D eigenvalue weighted by Gasteiger charge is -2.34. The maximum absolute atomic E-state index is 12.4. The molecule has 0 atom stereocenters. The molecule has 4 rings (SSSR count). The number of anilines is 1. The lowest BCUT2D eigenvalue weighted by molar-refractivity contribution is 0.0926. The monoisotopic (exact) mass is 385 g/mol. The molecule has 0 amide bonds. The van der Waals surface area contributed by atoms with E-state index < -0.39 is 0 Å². The van der Waals surface area contributed by atoms with Crippen molar-refractivity contribution in [3.05, 3.63) is 58.6 Å². The van der Waals surface area contributed by atoms with Crippen molar-refractivity contribution in [1.82, 2.24) is 9.88 Å². The molecule has 0 saturated carbocycles. The average molecular weight is 386 g/mol. The fraction of sp³-hybridized carbons (Fsp3) is 0.300. The number of hydrogen-bond donors (Lipinski definition) is 0. The molecule has 0 unspecified atom stereocenters. The molecule has 6 heteroatoms. The number of nitrogens with zero attached hydrogens (tertiary/aromatic N) is 3. The molecule has 0 aliphatic carbocycles. The number of aryl methyl sites for hydroxylation is 1. The van der Waals surface area contributed by atoms with E-state index in [1.807, 2.05) is 43.3 Å². The van der Waals surface area contributed by atoms with Gasteiger partial charge in [0.25, 0.3) is 0 Å². The average Bonchev–Trinajstić information content (AvgIpc) is 3.11. The van der Waals surface area contributed by atoms with Gasteiger partial charge in [0.2, 0.25) is 0 Å². The van der Waals surface area contributed by atoms with Crippen LogP contribution in [0.3, 0.4) is 0 Å². The maximum atomic E-state index is 12.4. The zero-order chi connectivity index (χ0) is 18.1. The van der Waals surface area contributed by atoms with E-state index in [1.54, 1.807) is 11.3 Å². The molecule has 1 fully saturated rings. The summed E-state index contributed by atoms with van der Waals surface area (Å²) in [4.78, 5) is 21.6. The van der Waals surface area contributed by atoms with Crippen LogP contribution in [-0.4, -0.2) is 48.4 Å². The van der Waals surface area contributed by atoms with Gasteiger partial charge < -0.3 is 4.90 Å². The largest absolute Gasteiger partial charge is 0.345 e. The highest BCUT2D eigenvalue weighted by atomic mass is 35.5. The second-order valence-corrected chi connectivity index (χ2v) is 7.98. The number of piperazine rings is 1. The van der Waals surface area contributed by atoms with Crippen LogP contribution in [0.2, 0.25) is 5.02 Å². The van der Waals surface area contributed by atoms with Crippen LogP contribution in [0, 0.1) is 6.92 Å². The highest BCUT2D eigenvalue weighted by Crippen LogP contribution is 2.34. The van der Waals surface area contributed by atoms with E-state index >= 15 is 0 Å². The molecular weight excluding hydrogens is 366 g/mol. The maximum Gasteiger partial charge on any atom is 0.186 e. The number of benzene rings is 2. The molecule has 26 heavy (non-hydrogen) atoms. The third kappa shape index (κ3) is 3.47. The molecule has 0 N–H and O–H groups in total. The topological polar surface area (TPSA) is 36.4 Å². The Bertz CT molecular complexity index is 933. The summed E-state index contributed by atoms with van der Waals surface area (Å²) in [6, 6.07) is 13.6. The van der Waals surface area contributed by atoms with Gasteiger partial charge in [-0.2, -0.15) is 0 Å². The first-order valence-electron chi connectivity index (χ1n) is 8.73. The smallest absolute Gasteiger partial charge is 0.186 e. The number of fused-ring (bicyclic) bond motifs is 1. The Labute approximate surface area is 162 Å². The van der Waals surface area contributed by atoms with Crippen LogP contribution in [0.1, 0.15) is 15.9 Å². The number of carbonyl (C=O) groups excluding carboxylic acids is 1. The molecule has 1 aromatic heterocycles. The van der Waals surface area contributed by atoms with E-state index in [9.17, 15) is 4.79 Å². The molecular formula is C20H20ClN3OS. The summed E-state index contributed by atoms with van der Waals surface area (Å²) < 4.78 is 1.12. The van der Waals surface area contributed by atoms with Gasteiger partial charge in [-0.15, -0.1) is 0 Å². The lowest BCUT2D eigenvalue weighted by Crippen LogP contribution is -2.48. The highest BCUT2D eigenvalue weighted by molar-refractivity contribution is 7.22. The molecule has 0 spiro atoms. The van der Waals surface area contributed by atoms with Crippen LogP contribution in [0.25, 0.3) is 10.2 Å². The molecule has 0 radical (unpaired) electrons. The van der Waals surface area contributed by atoms with Gasteiger partial charge in [-0.1, -0.05) is 59.3 Å². The van der Waals surface area contributed by atoms with Crippen molar-refractivity contribution in [3.63, 3.8) is 0 Å². The van der Waals surface area contributed by atoms with Crippen LogP contribution < -0.4 is 4.90 Å². The van der Waals surface area contributed by atoms with E-state index in [1.165, 1.54) is 0 Å². The van der Waals surface area contributed by atoms with Crippen LogP contribution in [0.15, 0.2) is 42.5 Å². The Morgan fingerprint density at radius 1 is 1.12 bits per heavy atom. The fourth-order valence-electron chi connectivity index (χ4n) is 3.20. The fourth-order valence-corrected chi connectivity index (χ4v) is 4.49. The van der Waals surface area contributed by atoms with Crippen molar-refractivity contribution in [1.29, 1.82) is 0 Å². The first kappa shape index (κ1) is 17.5. The van der Waals surface area contributed by atoms with Crippen LogP contribution in [0.4, 0.5) is 5.13 Å². The van der Waals surface area contributed by atoms with Gasteiger partial charge in [-0.05, 0) is 18.6 Å². The Morgan fingerprint density at radius 3 is 2.58 bits per heavy atom. The Kier molecular flexibility index (Phi) is 4.94. The third-order valence-corrected chi connectivity index (χ3v) is 6.35. The van der Waals surface area contributed by atoms with E-state index in [0.29, 0.717) is 6.54 Å². The van der Waals surface area contributed by atoms with Crippen molar-refractivity contribution in [3.8, 4) is 0 Å². The Morgan fingerprint density at radius 2 is 1.85 bits per heavy atom. The van der Waals surface area contributed by atoms with Crippen LogP contribution >= 0.6 is 22.9 Å². The number of rotatable bonds is 4. The van der Waals surface area contributed by atoms with Gasteiger partial charge in [0.05, 0.1) is 16.3 Å². The van der Waals surface area contributed by atoms with E-state index in [2.05, 4.69) is 15.9 Å². The second kappa shape index (κ2) is 7.35. The number of aromatic nitrogens is 1. The minimum absolute atomic E-state index is 0.182. The minimum Gasteiger partial charge on any atom is -0.345 e. The van der Waals surface area contributed by atoms with Crippen LogP contribution in [0.5, 0.6) is 0 Å². The summed E-state index contributed by atoms with van der Waals surface area (Å²) in [5.41, 5.74) is 2.74. The van der Waals surface area contributed by atoms with Crippen molar-refractivity contribution in [2.75, 3.05) is 37.6 Å². The van der Waals surface area contributed by atoms with E-state index in [4.69, 9.17) is 16.6 Å². The van der Waals surface area contributed by atoms with Gasteiger partial charge in [-0.25, -0.2) is 4.98 Å². The van der Waals surface area contributed by atoms with Gasteiger partial charge in [0, 0.05) is 31.7 Å². The number of Topliss-reactive ketones (excluding diaryl/α,β-unsaturated/α-hetero) is 1. The van der Waals surface area contributed by atoms with Crippen molar-refractivity contribution in [2.45, 2.75) is 6.92 Å². The number of carbonyl (C=O) groups is 1. The zero-order valence-electron chi connectivity index (χ0n) is 14.6. The standard InChI is InChI=1S/C20H20ClN3OS/c1-14-7-8-17-19(18(14)21)22-20(26-17)24-11-9-23(10-12-24)13-16(25)15-5-3-2-4-6-15/h2-8H,9-13H2,1H3. The number of hydrogen-bond acceptors (Lipinski definition) is 5. The van der Waals surface area contributed by atoms with Gasteiger partial charge in [0.1, 0.15) is 5.52 Å². The summed E-state index contributed by atoms with van der Waals surface area (Å²) in [7, 11) is 0. The summed E-state index contributed by atoms with van der Waals surface area (Å²) in [6.45, 7) is 5.95. The van der Waals surface area contributed by atoms with Crippen LogP contribution in [-0.2, 0) is 0 Å². The molecule has 1 aliphatic heterocycles. The quantitative estimate of drug-likeness (QED) is 0.628. The highest BCUT2D eigenvalue weighted by Gasteiger charge is 2.22. The molecule has 134 valence electrons. The Balaban J connectivity index is 1.41. The number of thiazole rings is 1. The van der Waals surface area contributed by atoms with E-state index in [-0.39, 0.29) is 5.78 Å². The molecule has 1 saturated heterocycles. The second-order valence-electron chi connectivity index (χ2n) is 6.59. The summed E-state index contributed by atoms with van der Waals surface area (Å²) >= 11 is 8.08. The van der Waals surface area contributed by atoms with E-state index in [0.717, 1.165) is 57.7 Å². The van der Waals surface area contributed by atoms with Crippen molar-refractivity contribution >= 4 is 44.1 Å². The van der Waals surface area contributed by atoms with Gasteiger partial charge in [0.15, 0.2) is 10.9 Å². The predicted molar refractivity (Wildman–Crippen MR) is 109 cm³/mol. The summed E-state index contributed by atoms with van der Waals surface area (Å²) in [6.07, 6.45) is 0. The predicted octanol–water partition coefficient (Wildman–Crippen LogP) is 4.26.